The van der Waals surface area contributed by atoms with Crippen molar-refractivity contribution in [1.82, 2.24) is 18.7 Å². The fourth-order valence-electron chi connectivity index (χ4n) is 1.66. The van der Waals surface area contributed by atoms with E-state index in [1.165, 1.54) is 20.0 Å². The Labute approximate surface area is 101 Å². The molecule has 0 aliphatic carbocycles. The average Bonchev–Trinajstić information content (AvgIpc) is 2.66. The molecule has 0 aromatic carbocycles. The van der Waals surface area contributed by atoms with Crippen LogP contribution in [0.5, 0.6) is 0 Å². The summed E-state index contributed by atoms with van der Waals surface area (Å²) in [7, 11) is 3.11. The summed E-state index contributed by atoms with van der Waals surface area (Å²) in [5.74, 6) is -0.991. The number of fused-ring (bicyclic) bond motifs is 1. The molecule has 0 bridgehead atoms. The van der Waals surface area contributed by atoms with Crippen LogP contribution in [-0.2, 0) is 25.4 Å². The van der Waals surface area contributed by atoms with Gasteiger partial charge in [0, 0.05) is 14.1 Å². The smallest absolute Gasteiger partial charge is 0.330 e. The first-order valence-electron chi connectivity index (χ1n) is 4.76. The van der Waals surface area contributed by atoms with Gasteiger partial charge in [-0.05, 0) is 0 Å². The van der Waals surface area contributed by atoms with Crippen molar-refractivity contribution < 1.29 is 9.90 Å². The van der Waals surface area contributed by atoms with Crippen molar-refractivity contribution in [3.05, 3.63) is 21.5 Å². The summed E-state index contributed by atoms with van der Waals surface area (Å²) in [6, 6.07) is 0. The van der Waals surface area contributed by atoms with E-state index in [2.05, 4.69) is 4.98 Å². The van der Waals surface area contributed by atoms with Crippen LogP contribution in [0, 0.1) is 4.64 Å². The molecule has 17 heavy (non-hydrogen) atoms. The fraction of sp³-hybridized carbons (Fsp3) is 0.333. The highest BCUT2D eigenvalue weighted by molar-refractivity contribution is 7.71. The second-order valence-electron chi connectivity index (χ2n) is 3.64. The number of nitrogens with zero attached hydrogens (tertiary/aromatic N) is 4. The second kappa shape index (κ2) is 3.81. The summed E-state index contributed by atoms with van der Waals surface area (Å²) < 4.78 is 4.32. The molecule has 0 unspecified atom stereocenters. The van der Waals surface area contributed by atoms with Crippen LogP contribution in [0.2, 0.25) is 0 Å². The molecular formula is C9H10N4O3S. The number of aromatic nitrogens is 4. The van der Waals surface area contributed by atoms with Crippen LogP contribution < -0.4 is 5.69 Å². The number of aryl methyl sites for hydroxylation is 1. The van der Waals surface area contributed by atoms with Crippen LogP contribution in [0.1, 0.15) is 0 Å². The number of carbonyl (C=O) groups is 1. The molecule has 0 spiro atoms. The summed E-state index contributed by atoms with van der Waals surface area (Å²) in [5, 5.41) is 8.77. The van der Waals surface area contributed by atoms with Crippen molar-refractivity contribution in [2.24, 2.45) is 14.1 Å². The van der Waals surface area contributed by atoms with E-state index < -0.39 is 5.97 Å². The van der Waals surface area contributed by atoms with Crippen molar-refractivity contribution in [3.8, 4) is 0 Å². The van der Waals surface area contributed by atoms with Crippen molar-refractivity contribution in [1.29, 1.82) is 0 Å². The number of hydrogen-bond donors (Lipinski definition) is 1. The zero-order valence-electron chi connectivity index (χ0n) is 9.25. The molecule has 1 N–H and O–H groups in total. The van der Waals surface area contributed by atoms with Crippen molar-refractivity contribution >= 4 is 29.4 Å². The fourth-order valence-corrected chi connectivity index (χ4v) is 1.95. The Morgan fingerprint density at radius 2 is 2.12 bits per heavy atom. The zero-order valence-corrected chi connectivity index (χ0v) is 10.1. The Morgan fingerprint density at radius 1 is 1.47 bits per heavy atom. The maximum absolute atomic E-state index is 11.7. The molecule has 90 valence electrons. The van der Waals surface area contributed by atoms with Crippen LogP contribution in [0.4, 0.5) is 0 Å². The lowest BCUT2D eigenvalue weighted by molar-refractivity contribution is -0.137. The lowest BCUT2D eigenvalue weighted by atomic mass is 10.5. The minimum absolute atomic E-state index is 0.238. The number of carboxylic acids is 1. The Bertz CT molecular complexity index is 724. The van der Waals surface area contributed by atoms with E-state index in [4.69, 9.17) is 17.3 Å². The van der Waals surface area contributed by atoms with E-state index in [0.29, 0.717) is 11.2 Å². The molecule has 0 aliphatic heterocycles. The number of carboxylic acid groups (broad SMARTS) is 1. The highest BCUT2D eigenvalue weighted by Gasteiger charge is 2.13. The summed E-state index contributed by atoms with van der Waals surface area (Å²) in [6.07, 6.45) is 1.37. The minimum atomic E-state index is -0.991. The van der Waals surface area contributed by atoms with E-state index in [1.54, 1.807) is 14.1 Å². The molecule has 0 radical (unpaired) electrons. The summed E-state index contributed by atoms with van der Waals surface area (Å²) in [6.45, 7) is -0.238. The van der Waals surface area contributed by atoms with Gasteiger partial charge < -0.3 is 9.67 Å². The van der Waals surface area contributed by atoms with Crippen LogP contribution >= 0.6 is 12.2 Å². The third-order valence-electron chi connectivity index (χ3n) is 2.52. The molecule has 0 saturated heterocycles. The van der Waals surface area contributed by atoms with Gasteiger partial charge in [0.25, 0.3) is 0 Å². The summed E-state index contributed by atoms with van der Waals surface area (Å²) in [5.41, 5.74) is 0.578. The average molecular weight is 254 g/mol. The number of aliphatic carboxylic acids is 1. The largest absolute Gasteiger partial charge is 0.480 e. The quantitative estimate of drug-likeness (QED) is 0.756. The van der Waals surface area contributed by atoms with Gasteiger partial charge in [0.2, 0.25) is 0 Å². The third kappa shape index (κ3) is 1.66. The van der Waals surface area contributed by atoms with Gasteiger partial charge in [0.15, 0.2) is 5.65 Å². The van der Waals surface area contributed by atoms with Crippen LogP contribution in [0.3, 0.4) is 0 Å². The van der Waals surface area contributed by atoms with Crippen molar-refractivity contribution in [2.75, 3.05) is 0 Å². The normalized spacial score (nSPS) is 10.9. The Balaban J connectivity index is 2.90. The van der Waals surface area contributed by atoms with E-state index >= 15 is 0 Å². The molecule has 0 amide bonds. The first kappa shape index (κ1) is 11.5. The van der Waals surface area contributed by atoms with E-state index in [0.717, 1.165) is 0 Å². The maximum atomic E-state index is 11.7. The van der Waals surface area contributed by atoms with Crippen molar-refractivity contribution in [3.63, 3.8) is 0 Å². The van der Waals surface area contributed by atoms with E-state index in [1.807, 2.05) is 0 Å². The van der Waals surface area contributed by atoms with Gasteiger partial charge in [-0.2, -0.15) is 0 Å². The van der Waals surface area contributed by atoms with Gasteiger partial charge in [-0.15, -0.1) is 0 Å². The molecule has 2 heterocycles. The van der Waals surface area contributed by atoms with Crippen LogP contribution in [-0.4, -0.2) is 29.8 Å². The van der Waals surface area contributed by atoms with Crippen LogP contribution in [0.25, 0.3) is 11.2 Å². The van der Waals surface area contributed by atoms with Gasteiger partial charge in [0.05, 0.1) is 6.33 Å². The lowest BCUT2D eigenvalue weighted by Crippen LogP contribution is -2.28. The molecule has 0 aliphatic rings. The Morgan fingerprint density at radius 3 is 2.71 bits per heavy atom. The molecule has 2 aromatic rings. The first-order valence-corrected chi connectivity index (χ1v) is 5.17. The molecule has 0 atom stereocenters. The number of rotatable bonds is 2. The minimum Gasteiger partial charge on any atom is -0.480 e. The monoisotopic (exact) mass is 254 g/mol. The van der Waals surface area contributed by atoms with Gasteiger partial charge in [0.1, 0.15) is 16.7 Å². The maximum Gasteiger partial charge on any atom is 0.330 e. The predicted molar refractivity (Wildman–Crippen MR) is 62.4 cm³/mol. The molecule has 0 saturated carbocycles. The molecule has 8 heteroatoms. The highest BCUT2D eigenvalue weighted by atomic mass is 32.1. The van der Waals surface area contributed by atoms with Gasteiger partial charge in [-0.25, -0.2) is 9.78 Å². The molecular weight excluding hydrogens is 244 g/mol. The van der Waals surface area contributed by atoms with Gasteiger partial charge >= 0.3 is 11.7 Å². The molecule has 2 aromatic heterocycles. The Kier molecular flexibility index (Phi) is 2.58. The summed E-state index contributed by atoms with van der Waals surface area (Å²) in [4.78, 5) is 26.4. The van der Waals surface area contributed by atoms with Crippen molar-refractivity contribution in [2.45, 2.75) is 6.54 Å². The second-order valence-corrected chi connectivity index (χ2v) is 4.03. The highest BCUT2D eigenvalue weighted by Crippen LogP contribution is 2.11. The lowest BCUT2D eigenvalue weighted by Gasteiger charge is -2.06. The third-order valence-corrected chi connectivity index (χ3v) is 2.99. The molecule has 7 nitrogen and oxygen atoms in total. The van der Waals surface area contributed by atoms with Gasteiger partial charge in [-0.3, -0.25) is 13.9 Å². The van der Waals surface area contributed by atoms with Gasteiger partial charge in [-0.1, -0.05) is 12.2 Å². The topological polar surface area (TPSA) is 82.0 Å². The Hall–Kier alpha value is -1.96. The predicted octanol–water partition coefficient (Wildman–Crippen LogP) is -0.112. The molecule has 0 fully saturated rings. The standard InChI is InChI=1S/C9H10N4O3S/c1-11-7-6(8(17)12(2)9(11)16)13(4-10-7)3-5(14)15/h4H,3H2,1-2H3,(H,14,15). The first-order chi connectivity index (χ1) is 7.93. The number of imidazole rings is 1. The van der Waals surface area contributed by atoms with E-state index in [-0.39, 0.29) is 16.9 Å². The zero-order chi connectivity index (χ0) is 12.7. The SMILES string of the molecule is Cn1c(=S)c2c(ncn2CC(=O)O)n(C)c1=O. The van der Waals surface area contributed by atoms with Crippen LogP contribution in [0.15, 0.2) is 11.1 Å². The molecule has 2 rings (SSSR count). The number of hydrogen-bond acceptors (Lipinski definition) is 4. The van der Waals surface area contributed by atoms with E-state index in [9.17, 15) is 9.59 Å². The summed E-state index contributed by atoms with van der Waals surface area (Å²) >= 11 is 5.13.